The summed E-state index contributed by atoms with van der Waals surface area (Å²) in [5, 5.41) is 2.21. The van der Waals surface area contributed by atoms with Gasteiger partial charge in [0.25, 0.3) is 0 Å². The Morgan fingerprint density at radius 3 is 1.71 bits per heavy atom. The van der Waals surface area contributed by atoms with Crippen LogP contribution >= 0.6 is 0 Å². The SMILES string of the molecule is c1ccc(-c2ccc(N(c3ccccc3)c3cccc4c3oc3cccc(N(c5ccccc5)c5ccc(C67CC8CC9CC(C6)C97C8)cc5)c34)cc2)cc1. The molecule has 1 heterocycles. The van der Waals surface area contributed by atoms with Gasteiger partial charge in [-0.25, -0.2) is 0 Å². The minimum Gasteiger partial charge on any atom is -0.454 e. The highest BCUT2D eigenvalue weighted by atomic mass is 16.3. The number of benzene rings is 7. The third-order valence-corrected chi connectivity index (χ3v) is 14.3. The average Bonchev–Trinajstić information content (AvgIpc) is 3.90. The normalized spacial score (nSPS) is 24.3. The lowest BCUT2D eigenvalue weighted by Crippen LogP contribution is -2.68. The summed E-state index contributed by atoms with van der Waals surface area (Å²) in [4.78, 5) is 4.75. The van der Waals surface area contributed by atoms with Crippen LogP contribution in [0.4, 0.5) is 34.1 Å². The van der Waals surface area contributed by atoms with Gasteiger partial charge in [0.15, 0.2) is 5.58 Å². The van der Waals surface area contributed by atoms with E-state index in [2.05, 4.69) is 186 Å². The topological polar surface area (TPSA) is 19.6 Å². The van der Waals surface area contributed by atoms with E-state index < -0.39 is 0 Å². The van der Waals surface area contributed by atoms with Gasteiger partial charge in [0.05, 0.1) is 16.8 Å². The predicted molar refractivity (Wildman–Crippen MR) is 226 cm³/mol. The summed E-state index contributed by atoms with van der Waals surface area (Å²) in [6.45, 7) is 0. The first-order valence-corrected chi connectivity index (χ1v) is 20.1. The smallest absolute Gasteiger partial charge is 0.159 e. The summed E-state index contributed by atoms with van der Waals surface area (Å²) in [6.07, 6.45) is 7.28. The maximum Gasteiger partial charge on any atom is 0.159 e. The molecule has 0 saturated heterocycles. The lowest BCUT2D eigenvalue weighted by atomic mass is 9.31. The van der Waals surface area contributed by atoms with Crippen molar-refractivity contribution >= 4 is 56.1 Å². The molecule has 12 rings (SSSR count). The molecule has 2 bridgehead atoms. The van der Waals surface area contributed by atoms with Gasteiger partial charge in [-0.1, -0.05) is 109 Å². The molecule has 3 nitrogen and oxygen atoms in total. The standard InChI is InChI=1S/C52H42N2O/c1-4-12-36(13-5-1)37-22-26-43(27-23-37)54(42-16-8-3-9-17-42)47-20-10-18-45-49-46(19-11-21-48(49)55-50(45)47)53(41-14-6-2-7-15-41)44-28-24-38(25-29-44)51-32-35-30-39-31-40(34-51)52(39,51)33-35/h1-29,35,39-40H,30-34H2. The van der Waals surface area contributed by atoms with E-state index in [0.717, 1.165) is 68.1 Å². The van der Waals surface area contributed by atoms with Crippen molar-refractivity contribution in [2.45, 2.75) is 37.5 Å². The zero-order valence-electron chi connectivity index (χ0n) is 30.8. The summed E-state index contributed by atoms with van der Waals surface area (Å²) in [5.41, 5.74) is 13.4. The van der Waals surface area contributed by atoms with Crippen LogP contribution in [-0.4, -0.2) is 0 Å². The van der Waals surface area contributed by atoms with Crippen LogP contribution in [0.2, 0.25) is 0 Å². The van der Waals surface area contributed by atoms with Crippen LogP contribution < -0.4 is 9.80 Å². The molecule has 1 aromatic heterocycles. The molecule has 266 valence electrons. The Hall–Kier alpha value is -6.06. The summed E-state index contributed by atoms with van der Waals surface area (Å²) >= 11 is 0. The van der Waals surface area contributed by atoms with E-state index in [1.807, 2.05) is 0 Å². The second kappa shape index (κ2) is 11.7. The molecule has 0 aliphatic heterocycles. The van der Waals surface area contributed by atoms with Crippen molar-refractivity contribution in [2.75, 3.05) is 9.80 Å². The first kappa shape index (κ1) is 31.3. The lowest BCUT2D eigenvalue weighted by Gasteiger charge is -2.73. The highest BCUT2D eigenvalue weighted by Crippen LogP contribution is 2.86. The van der Waals surface area contributed by atoms with Crippen LogP contribution in [0.15, 0.2) is 180 Å². The minimum atomic E-state index is 0.420. The maximum atomic E-state index is 6.96. The van der Waals surface area contributed by atoms with E-state index in [-0.39, 0.29) is 0 Å². The Balaban J connectivity index is 0.989. The second-order valence-corrected chi connectivity index (χ2v) is 16.7. The molecule has 0 amide bonds. The number of fused-ring (bicyclic) bond motifs is 4. The van der Waals surface area contributed by atoms with Crippen LogP contribution in [0.25, 0.3) is 33.1 Å². The first-order valence-electron chi connectivity index (χ1n) is 20.1. The van der Waals surface area contributed by atoms with Crippen LogP contribution in [-0.2, 0) is 5.41 Å². The molecule has 3 heteroatoms. The number of hydrogen-bond donors (Lipinski definition) is 0. The van der Waals surface area contributed by atoms with Crippen molar-refractivity contribution in [1.82, 2.24) is 0 Å². The Labute approximate surface area is 322 Å². The Morgan fingerprint density at radius 2 is 1.04 bits per heavy atom. The van der Waals surface area contributed by atoms with Crippen molar-refractivity contribution in [1.29, 1.82) is 0 Å². The molecule has 4 aliphatic rings. The number of hydrogen-bond acceptors (Lipinski definition) is 3. The Morgan fingerprint density at radius 1 is 0.455 bits per heavy atom. The summed E-state index contributed by atoms with van der Waals surface area (Å²) < 4.78 is 6.96. The fourth-order valence-corrected chi connectivity index (χ4v) is 12.2. The fourth-order valence-electron chi connectivity index (χ4n) is 12.2. The van der Waals surface area contributed by atoms with Gasteiger partial charge in [-0.05, 0) is 139 Å². The third kappa shape index (κ3) is 4.38. The van der Waals surface area contributed by atoms with Crippen LogP contribution in [0.1, 0.15) is 37.7 Å². The van der Waals surface area contributed by atoms with Gasteiger partial charge in [0.2, 0.25) is 0 Å². The monoisotopic (exact) mass is 710 g/mol. The van der Waals surface area contributed by atoms with Crippen LogP contribution in [0, 0.1) is 23.2 Å². The molecule has 5 atom stereocenters. The summed E-state index contributed by atoms with van der Waals surface area (Å²) in [5.74, 6) is 2.91. The van der Waals surface area contributed by atoms with Gasteiger partial charge in [0.1, 0.15) is 5.58 Å². The van der Waals surface area contributed by atoms with Crippen molar-refractivity contribution in [3.8, 4) is 11.1 Å². The number of anilines is 6. The number of rotatable bonds is 8. The van der Waals surface area contributed by atoms with Crippen molar-refractivity contribution in [2.24, 2.45) is 23.2 Å². The van der Waals surface area contributed by atoms with E-state index >= 15 is 0 Å². The van der Waals surface area contributed by atoms with Crippen LogP contribution in [0.3, 0.4) is 0 Å². The number of nitrogens with zero attached hydrogens (tertiary/aromatic N) is 2. The van der Waals surface area contributed by atoms with Gasteiger partial charge < -0.3 is 14.2 Å². The molecular formula is C52H42N2O. The van der Waals surface area contributed by atoms with E-state index in [9.17, 15) is 0 Å². The first-order chi connectivity index (χ1) is 27.2. The van der Waals surface area contributed by atoms with E-state index in [1.165, 1.54) is 48.9 Å². The molecule has 4 saturated carbocycles. The fraction of sp³-hybridized carbons (Fsp3) is 0.192. The molecule has 0 radical (unpaired) electrons. The Bertz CT molecular complexity index is 2700. The van der Waals surface area contributed by atoms with Gasteiger partial charge in [-0.3, -0.25) is 0 Å². The van der Waals surface area contributed by atoms with E-state index in [4.69, 9.17) is 4.42 Å². The summed E-state index contributed by atoms with van der Waals surface area (Å²) in [6, 6.07) is 63.7. The molecule has 8 aromatic rings. The zero-order chi connectivity index (χ0) is 36.1. The molecule has 5 unspecified atom stereocenters. The zero-order valence-corrected chi connectivity index (χ0v) is 30.8. The van der Waals surface area contributed by atoms with Gasteiger partial charge in [-0.2, -0.15) is 0 Å². The molecule has 1 spiro atoms. The highest BCUT2D eigenvalue weighted by Gasteiger charge is 2.80. The molecule has 4 aliphatic carbocycles. The van der Waals surface area contributed by atoms with E-state index in [1.54, 1.807) is 5.56 Å². The van der Waals surface area contributed by atoms with E-state index in [0.29, 0.717) is 10.8 Å². The number of furan rings is 1. The third-order valence-electron chi connectivity index (χ3n) is 14.3. The molecule has 0 N–H and O–H groups in total. The van der Waals surface area contributed by atoms with Crippen molar-refractivity contribution < 1.29 is 4.42 Å². The quantitative estimate of drug-likeness (QED) is 0.157. The van der Waals surface area contributed by atoms with Crippen LogP contribution in [0.5, 0.6) is 0 Å². The maximum absolute atomic E-state index is 6.96. The Kier molecular flexibility index (Phi) is 6.67. The number of para-hydroxylation sites is 3. The largest absolute Gasteiger partial charge is 0.454 e. The van der Waals surface area contributed by atoms with Gasteiger partial charge >= 0.3 is 0 Å². The molecule has 7 aromatic carbocycles. The van der Waals surface area contributed by atoms with Crippen molar-refractivity contribution in [3.63, 3.8) is 0 Å². The van der Waals surface area contributed by atoms with Gasteiger partial charge in [0, 0.05) is 33.6 Å². The van der Waals surface area contributed by atoms with Crippen molar-refractivity contribution in [3.05, 3.63) is 181 Å². The molecule has 55 heavy (non-hydrogen) atoms. The van der Waals surface area contributed by atoms with Gasteiger partial charge in [-0.15, -0.1) is 0 Å². The second-order valence-electron chi connectivity index (χ2n) is 16.7. The molecular weight excluding hydrogens is 669 g/mol. The highest BCUT2D eigenvalue weighted by molar-refractivity contribution is 6.16. The molecule has 4 fully saturated rings. The predicted octanol–water partition coefficient (Wildman–Crippen LogP) is 14.3. The lowest BCUT2D eigenvalue weighted by molar-refractivity contribution is -0.198. The average molecular weight is 711 g/mol. The summed E-state index contributed by atoms with van der Waals surface area (Å²) in [7, 11) is 0. The minimum absolute atomic E-state index is 0.420.